The zero-order valence-corrected chi connectivity index (χ0v) is 13.2. The normalized spacial score (nSPS) is 11.5. The summed E-state index contributed by atoms with van der Waals surface area (Å²) in [6.45, 7) is 8.56. The molecule has 3 nitrogen and oxygen atoms in total. The van der Waals surface area contributed by atoms with Crippen LogP contribution in [0, 0.1) is 9.49 Å². The molecule has 0 amide bonds. The molecule has 0 aromatic carbocycles. The van der Waals surface area contributed by atoms with Gasteiger partial charge in [-0.25, -0.2) is 4.98 Å². The molecule has 0 aliphatic carbocycles. The molecule has 0 atom stereocenters. The van der Waals surface area contributed by atoms with Crippen LogP contribution in [0.4, 0.5) is 0 Å². The molecular weight excluding hydrogens is 327 g/mol. The van der Waals surface area contributed by atoms with E-state index in [1.165, 1.54) is 0 Å². The summed E-state index contributed by atoms with van der Waals surface area (Å²) in [5.41, 5.74) is 0.962. The largest absolute Gasteiger partial charge is 0.309 e. The molecule has 96 valence electrons. The fourth-order valence-corrected chi connectivity index (χ4v) is 2.39. The lowest BCUT2D eigenvalue weighted by Gasteiger charge is -2.14. The number of hydrogen-bond donors (Lipinski definition) is 1. The topological polar surface area (TPSA) is 45.8 Å². The van der Waals surface area contributed by atoms with E-state index in [9.17, 15) is 4.79 Å². The van der Waals surface area contributed by atoms with E-state index in [1.54, 1.807) is 0 Å². The van der Waals surface area contributed by atoms with Gasteiger partial charge in [0.05, 0.1) is 9.26 Å². The van der Waals surface area contributed by atoms with Crippen LogP contribution in [0.2, 0.25) is 0 Å². The van der Waals surface area contributed by atoms with Crippen LogP contribution in [-0.4, -0.2) is 9.97 Å². The lowest BCUT2D eigenvalue weighted by molar-refractivity contribution is 0.578. The van der Waals surface area contributed by atoms with E-state index in [4.69, 9.17) is 0 Å². The van der Waals surface area contributed by atoms with E-state index in [1.807, 2.05) is 0 Å². The van der Waals surface area contributed by atoms with Crippen LogP contribution in [0.1, 0.15) is 58.0 Å². The molecule has 1 heterocycles. The van der Waals surface area contributed by atoms with Crippen molar-refractivity contribution in [2.45, 2.75) is 52.9 Å². The van der Waals surface area contributed by atoms with E-state index < -0.39 is 0 Å². The average Bonchev–Trinajstić information content (AvgIpc) is 2.26. The summed E-state index contributed by atoms with van der Waals surface area (Å²) >= 11 is 2.10. The van der Waals surface area contributed by atoms with Crippen molar-refractivity contribution < 1.29 is 0 Å². The fourth-order valence-electron chi connectivity index (χ4n) is 1.92. The molecule has 1 N–H and O–H groups in total. The van der Waals surface area contributed by atoms with E-state index >= 15 is 0 Å². The SMILES string of the molecule is CCC(CC)c1nc(CC(C)C)c(I)c(=O)[nH]1. The molecule has 0 saturated heterocycles. The molecule has 1 rings (SSSR count). The Kier molecular flexibility index (Phi) is 5.62. The Morgan fingerprint density at radius 3 is 2.35 bits per heavy atom. The molecule has 0 radical (unpaired) electrons. The first-order chi connectivity index (χ1) is 7.99. The van der Waals surface area contributed by atoms with Crippen LogP contribution in [-0.2, 0) is 6.42 Å². The predicted molar refractivity (Wildman–Crippen MR) is 79.4 cm³/mol. The number of rotatable bonds is 5. The predicted octanol–water partition coefficient (Wildman–Crippen LogP) is 3.48. The summed E-state index contributed by atoms with van der Waals surface area (Å²) in [5.74, 6) is 1.74. The van der Waals surface area contributed by atoms with E-state index in [0.29, 0.717) is 11.8 Å². The summed E-state index contributed by atoms with van der Waals surface area (Å²) < 4.78 is 0.742. The number of nitrogens with zero attached hydrogens (tertiary/aromatic N) is 1. The Morgan fingerprint density at radius 1 is 1.29 bits per heavy atom. The number of halogens is 1. The molecule has 0 aliphatic heterocycles. The first kappa shape index (κ1) is 14.7. The molecule has 0 spiro atoms. The molecule has 0 bridgehead atoms. The Hall–Kier alpha value is -0.390. The minimum atomic E-state index is 0.0122. The van der Waals surface area contributed by atoms with Gasteiger partial charge < -0.3 is 4.98 Å². The average molecular weight is 348 g/mol. The van der Waals surface area contributed by atoms with Crippen molar-refractivity contribution in [3.05, 3.63) is 25.4 Å². The van der Waals surface area contributed by atoms with Crippen molar-refractivity contribution >= 4 is 22.6 Å². The number of nitrogens with one attached hydrogen (secondary N) is 1. The van der Waals surface area contributed by atoms with Crippen molar-refractivity contribution in [1.29, 1.82) is 0 Å². The lowest BCUT2D eigenvalue weighted by Crippen LogP contribution is -2.20. The summed E-state index contributed by atoms with van der Waals surface area (Å²) in [4.78, 5) is 19.4. The smallest absolute Gasteiger partial charge is 0.264 e. The minimum absolute atomic E-state index is 0.0122. The number of aromatic amines is 1. The van der Waals surface area contributed by atoms with Crippen LogP contribution >= 0.6 is 22.6 Å². The standard InChI is InChI=1S/C13H21IN2O/c1-5-9(6-2)12-15-10(7-8(3)4)11(14)13(17)16-12/h8-9H,5-7H2,1-4H3,(H,15,16,17). The van der Waals surface area contributed by atoms with Crippen LogP contribution in [0.15, 0.2) is 4.79 Å². The minimum Gasteiger partial charge on any atom is -0.309 e. The lowest BCUT2D eigenvalue weighted by atomic mass is 10.0. The molecule has 1 aromatic heterocycles. The van der Waals surface area contributed by atoms with Gasteiger partial charge in [0.15, 0.2) is 0 Å². The van der Waals surface area contributed by atoms with Crippen LogP contribution in [0.25, 0.3) is 0 Å². The summed E-state index contributed by atoms with van der Waals surface area (Å²) in [7, 11) is 0. The van der Waals surface area contributed by atoms with Gasteiger partial charge in [0.25, 0.3) is 5.56 Å². The Morgan fingerprint density at radius 2 is 1.88 bits per heavy atom. The first-order valence-corrected chi connectivity index (χ1v) is 7.35. The molecule has 0 unspecified atom stereocenters. The van der Waals surface area contributed by atoms with E-state index in [2.05, 4.69) is 60.3 Å². The molecule has 17 heavy (non-hydrogen) atoms. The number of hydrogen-bond acceptors (Lipinski definition) is 2. The highest BCUT2D eigenvalue weighted by atomic mass is 127. The van der Waals surface area contributed by atoms with Crippen molar-refractivity contribution in [1.82, 2.24) is 9.97 Å². The Labute approximate surface area is 117 Å². The molecule has 1 aromatic rings. The van der Waals surface area contributed by atoms with Crippen LogP contribution in [0.5, 0.6) is 0 Å². The van der Waals surface area contributed by atoms with Gasteiger partial charge in [0, 0.05) is 5.92 Å². The highest BCUT2D eigenvalue weighted by molar-refractivity contribution is 14.1. The quantitative estimate of drug-likeness (QED) is 0.828. The maximum atomic E-state index is 11.9. The molecule has 4 heteroatoms. The third kappa shape index (κ3) is 3.79. The summed E-state index contributed by atoms with van der Waals surface area (Å²) in [5, 5.41) is 0. The molecule has 0 aliphatic rings. The van der Waals surface area contributed by atoms with Gasteiger partial charge in [-0.1, -0.05) is 27.7 Å². The second-order valence-electron chi connectivity index (χ2n) is 4.82. The van der Waals surface area contributed by atoms with Gasteiger partial charge in [-0.05, 0) is 47.8 Å². The van der Waals surface area contributed by atoms with Crippen molar-refractivity contribution in [3.8, 4) is 0 Å². The zero-order valence-electron chi connectivity index (χ0n) is 11.0. The summed E-state index contributed by atoms with van der Waals surface area (Å²) in [6.07, 6.45) is 2.90. The van der Waals surface area contributed by atoms with Gasteiger partial charge in [-0.15, -0.1) is 0 Å². The maximum absolute atomic E-state index is 11.9. The second kappa shape index (κ2) is 6.52. The van der Waals surface area contributed by atoms with Crippen molar-refractivity contribution in [2.24, 2.45) is 5.92 Å². The number of H-pyrrole nitrogens is 1. The Bertz CT molecular complexity index is 422. The second-order valence-corrected chi connectivity index (χ2v) is 5.90. The first-order valence-electron chi connectivity index (χ1n) is 6.28. The van der Waals surface area contributed by atoms with Gasteiger partial charge in [-0.3, -0.25) is 4.79 Å². The van der Waals surface area contributed by atoms with E-state index in [0.717, 1.165) is 34.4 Å². The fraction of sp³-hybridized carbons (Fsp3) is 0.692. The van der Waals surface area contributed by atoms with E-state index in [-0.39, 0.29) is 5.56 Å². The number of aromatic nitrogens is 2. The van der Waals surface area contributed by atoms with Crippen molar-refractivity contribution in [2.75, 3.05) is 0 Å². The maximum Gasteiger partial charge on any atom is 0.264 e. The van der Waals surface area contributed by atoms with Crippen molar-refractivity contribution in [3.63, 3.8) is 0 Å². The molecule has 0 saturated carbocycles. The molecule has 0 fully saturated rings. The van der Waals surface area contributed by atoms with Gasteiger partial charge in [0.1, 0.15) is 5.82 Å². The highest BCUT2D eigenvalue weighted by Gasteiger charge is 2.15. The van der Waals surface area contributed by atoms with Crippen LogP contribution in [0.3, 0.4) is 0 Å². The zero-order chi connectivity index (χ0) is 13.0. The highest BCUT2D eigenvalue weighted by Crippen LogP contribution is 2.20. The van der Waals surface area contributed by atoms with Gasteiger partial charge in [-0.2, -0.15) is 0 Å². The van der Waals surface area contributed by atoms with Gasteiger partial charge >= 0.3 is 0 Å². The third-order valence-electron chi connectivity index (χ3n) is 2.92. The Balaban J connectivity index is 3.18. The third-order valence-corrected chi connectivity index (χ3v) is 4.04. The van der Waals surface area contributed by atoms with Crippen LogP contribution < -0.4 is 5.56 Å². The molecular formula is C13H21IN2O. The summed E-state index contributed by atoms with van der Waals surface area (Å²) in [6, 6.07) is 0. The van der Waals surface area contributed by atoms with Gasteiger partial charge in [0.2, 0.25) is 0 Å². The monoisotopic (exact) mass is 348 g/mol.